The second kappa shape index (κ2) is 3.70. The van der Waals surface area contributed by atoms with Crippen molar-refractivity contribution in [2.45, 2.75) is 11.1 Å². The molecule has 0 amide bonds. The molecule has 0 spiro atoms. The number of thiazole rings is 1. The van der Waals surface area contributed by atoms with Crippen molar-refractivity contribution in [3.05, 3.63) is 16.4 Å². The first kappa shape index (κ1) is 11.9. The number of ether oxygens (including phenoxy) is 1. The summed E-state index contributed by atoms with van der Waals surface area (Å²) in [5.41, 5.74) is -0.642. The Kier molecular flexibility index (Phi) is 2.59. The maximum absolute atomic E-state index is 11.8. The molecule has 0 radical (unpaired) electrons. The van der Waals surface area contributed by atoms with Crippen molar-refractivity contribution in [3.8, 4) is 0 Å². The van der Waals surface area contributed by atoms with Gasteiger partial charge in [-0.2, -0.15) is 0 Å². The number of aliphatic hydroxyl groups excluding tert-OH is 1. The first-order valence-electron chi connectivity index (χ1n) is 4.39. The summed E-state index contributed by atoms with van der Waals surface area (Å²) in [4.78, 5) is 15.2. The van der Waals surface area contributed by atoms with Crippen LogP contribution in [0.1, 0.15) is 10.7 Å². The Balaban J connectivity index is 2.71. The van der Waals surface area contributed by atoms with Crippen molar-refractivity contribution < 1.29 is 23.1 Å². The van der Waals surface area contributed by atoms with Crippen LogP contribution < -0.4 is 4.72 Å². The average Bonchev–Trinajstić information content (AvgIpc) is 2.66. The first-order chi connectivity index (χ1) is 7.86. The van der Waals surface area contributed by atoms with Crippen molar-refractivity contribution >= 4 is 33.1 Å². The van der Waals surface area contributed by atoms with Crippen molar-refractivity contribution in [3.63, 3.8) is 0 Å². The van der Waals surface area contributed by atoms with Gasteiger partial charge in [0, 0.05) is 0 Å². The Hall–Kier alpha value is -1.61. The van der Waals surface area contributed by atoms with Crippen LogP contribution in [0.5, 0.6) is 0 Å². The smallest absolute Gasteiger partial charge is 0.359 e. The topological polar surface area (TPSA) is 106 Å². The average molecular weight is 276 g/mol. The Bertz CT molecular complexity index is 628. The van der Waals surface area contributed by atoms with Gasteiger partial charge >= 0.3 is 5.97 Å². The lowest BCUT2D eigenvalue weighted by Gasteiger charge is -2.15. The van der Waals surface area contributed by atoms with Crippen LogP contribution in [0.15, 0.2) is 9.91 Å². The number of esters is 1. The van der Waals surface area contributed by atoms with Gasteiger partial charge in [-0.25, -0.2) is 18.2 Å². The lowest BCUT2D eigenvalue weighted by molar-refractivity contribution is -0.136. The summed E-state index contributed by atoms with van der Waals surface area (Å²) in [7, 11) is -2.79. The summed E-state index contributed by atoms with van der Waals surface area (Å²) in [6.07, 6.45) is 0. The van der Waals surface area contributed by atoms with Gasteiger partial charge in [0.2, 0.25) is 0 Å². The predicted molar refractivity (Wildman–Crippen MR) is 58.7 cm³/mol. The molecule has 17 heavy (non-hydrogen) atoms. The molecule has 0 unspecified atom stereocenters. The molecule has 1 aliphatic rings. The van der Waals surface area contributed by atoms with E-state index < -0.39 is 27.4 Å². The van der Waals surface area contributed by atoms with Gasteiger partial charge < -0.3 is 9.84 Å². The number of rotatable bonds is 1. The van der Waals surface area contributed by atoms with E-state index in [9.17, 15) is 18.3 Å². The maximum Gasteiger partial charge on any atom is 0.359 e. The number of aliphatic hydroxyl groups is 1. The third kappa shape index (κ3) is 1.76. The Morgan fingerprint density at radius 3 is 2.76 bits per heavy atom. The van der Waals surface area contributed by atoms with Crippen molar-refractivity contribution in [2.75, 3.05) is 7.11 Å². The highest BCUT2D eigenvalue weighted by Crippen LogP contribution is 2.33. The van der Waals surface area contributed by atoms with E-state index >= 15 is 0 Å². The summed E-state index contributed by atoms with van der Waals surface area (Å²) < 4.78 is 29.8. The predicted octanol–water partition coefficient (Wildman–Crippen LogP) is 0.143. The third-order valence-electron chi connectivity index (χ3n) is 2.03. The van der Waals surface area contributed by atoms with Crippen LogP contribution in [0.3, 0.4) is 0 Å². The molecule has 0 aromatic carbocycles. The SMILES string of the molecule is COC(=O)C1=C(O)c2nc(C)sc2S(=O)(=O)N1. The fourth-order valence-electron chi connectivity index (χ4n) is 1.33. The zero-order valence-electron chi connectivity index (χ0n) is 8.84. The van der Waals surface area contributed by atoms with E-state index in [1.54, 1.807) is 6.92 Å². The number of aryl methyl sites for hydroxylation is 1. The van der Waals surface area contributed by atoms with E-state index in [1.807, 2.05) is 4.72 Å². The highest BCUT2D eigenvalue weighted by atomic mass is 32.2. The molecular formula is C8H8N2O5S2. The van der Waals surface area contributed by atoms with Crippen LogP contribution >= 0.6 is 11.3 Å². The van der Waals surface area contributed by atoms with E-state index in [0.717, 1.165) is 18.4 Å². The minimum atomic E-state index is -3.87. The first-order valence-corrected chi connectivity index (χ1v) is 6.69. The van der Waals surface area contributed by atoms with E-state index in [0.29, 0.717) is 5.01 Å². The number of carbonyl (C=O) groups is 1. The highest BCUT2D eigenvalue weighted by molar-refractivity contribution is 7.92. The van der Waals surface area contributed by atoms with Crippen LogP contribution in [0, 0.1) is 6.92 Å². The Morgan fingerprint density at radius 2 is 2.18 bits per heavy atom. The number of nitrogens with one attached hydrogen (secondary N) is 1. The monoisotopic (exact) mass is 276 g/mol. The number of sulfonamides is 1. The van der Waals surface area contributed by atoms with Crippen LogP contribution in [0.4, 0.5) is 0 Å². The summed E-state index contributed by atoms with van der Waals surface area (Å²) in [6, 6.07) is 0. The van der Waals surface area contributed by atoms with E-state index in [1.165, 1.54) is 0 Å². The van der Waals surface area contributed by atoms with Gasteiger partial charge in [0.05, 0.1) is 12.1 Å². The zero-order valence-corrected chi connectivity index (χ0v) is 10.5. The van der Waals surface area contributed by atoms with Gasteiger partial charge in [0.25, 0.3) is 10.0 Å². The molecule has 0 atom stereocenters. The molecule has 0 bridgehead atoms. The van der Waals surface area contributed by atoms with E-state index in [-0.39, 0.29) is 9.90 Å². The molecule has 1 aromatic rings. The zero-order chi connectivity index (χ0) is 12.8. The standard InChI is InChI=1S/C8H8N2O5S2/c1-3-9-5-6(11)4(7(12)15-2)10-17(13,14)8(5)16-3/h10-11H,1-2H3. The number of fused-ring (bicyclic) bond motifs is 1. The molecule has 2 heterocycles. The van der Waals surface area contributed by atoms with Crippen LogP contribution in [-0.2, 0) is 19.6 Å². The number of aromatic nitrogens is 1. The van der Waals surface area contributed by atoms with Crippen LogP contribution in [-0.4, -0.2) is 31.6 Å². The van der Waals surface area contributed by atoms with Gasteiger partial charge in [0.15, 0.2) is 15.7 Å². The largest absolute Gasteiger partial charge is 0.504 e. The normalized spacial score (nSPS) is 17.3. The van der Waals surface area contributed by atoms with Crippen molar-refractivity contribution in [1.82, 2.24) is 9.71 Å². The van der Waals surface area contributed by atoms with E-state index in [4.69, 9.17) is 0 Å². The van der Waals surface area contributed by atoms with Crippen LogP contribution in [0.2, 0.25) is 0 Å². The minimum Gasteiger partial charge on any atom is -0.504 e. The molecule has 0 saturated carbocycles. The molecule has 7 nitrogen and oxygen atoms in total. The number of methoxy groups -OCH3 is 1. The molecule has 9 heteroatoms. The molecule has 0 aliphatic carbocycles. The number of nitrogens with zero attached hydrogens (tertiary/aromatic N) is 1. The molecule has 2 rings (SSSR count). The Morgan fingerprint density at radius 1 is 1.53 bits per heavy atom. The van der Waals surface area contributed by atoms with Gasteiger partial charge in [-0.3, -0.25) is 4.72 Å². The van der Waals surface area contributed by atoms with Crippen LogP contribution in [0.25, 0.3) is 5.76 Å². The maximum atomic E-state index is 11.8. The third-order valence-corrected chi connectivity index (χ3v) is 4.86. The Labute approximate surface area is 101 Å². The molecular weight excluding hydrogens is 268 g/mol. The second-order valence-electron chi connectivity index (χ2n) is 3.19. The van der Waals surface area contributed by atoms with Crippen molar-refractivity contribution in [2.24, 2.45) is 0 Å². The summed E-state index contributed by atoms with van der Waals surface area (Å²) in [5.74, 6) is -1.49. The summed E-state index contributed by atoms with van der Waals surface area (Å²) >= 11 is 0.914. The van der Waals surface area contributed by atoms with Gasteiger partial charge in [-0.05, 0) is 6.92 Å². The van der Waals surface area contributed by atoms with Gasteiger partial charge in [0.1, 0.15) is 5.69 Å². The second-order valence-corrected chi connectivity index (χ2v) is 6.27. The van der Waals surface area contributed by atoms with Gasteiger partial charge in [-0.1, -0.05) is 0 Å². The molecule has 0 fully saturated rings. The summed E-state index contributed by atoms with van der Waals surface area (Å²) in [5, 5.41) is 10.2. The number of hydrogen-bond acceptors (Lipinski definition) is 7. The van der Waals surface area contributed by atoms with Gasteiger partial charge in [-0.15, -0.1) is 11.3 Å². The molecule has 1 aromatic heterocycles. The highest BCUT2D eigenvalue weighted by Gasteiger charge is 2.36. The fraction of sp³-hybridized carbons (Fsp3) is 0.250. The molecule has 92 valence electrons. The lowest BCUT2D eigenvalue weighted by Crippen LogP contribution is -2.32. The quantitative estimate of drug-likeness (QED) is 0.707. The minimum absolute atomic E-state index is 0.111. The van der Waals surface area contributed by atoms with Crippen molar-refractivity contribution in [1.29, 1.82) is 0 Å². The van der Waals surface area contributed by atoms with E-state index in [2.05, 4.69) is 9.72 Å². The molecule has 0 saturated heterocycles. The molecule has 2 N–H and O–H groups in total. The fourth-order valence-corrected chi connectivity index (χ4v) is 3.84. The molecule has 1 aliphatic heterocycles. The number of hydrogen-bond donors (Lipinski definition) is 2. The number of carbonyl (C=O) groups excluding carboxylic acids is 1. The lowest BCUT2D eigenvalue weighted by atomic mass is 10.3. The summed E-state index contributed by atoms with van der Waals surface area (Å²) in [6.45, 7) is 1.60.